The molecule has 0 fully saturated rings. The van der Waals surface area contributed by atoms with E-state index in [-0.39, 0.29) is 17.9 Å². The van der Waals surface area contributed by atoms with E-state index in [2.05, 4.69) is 23.6 Å². The fourth-order valence-electron chi connectivity index (χ4n) is 4.22. The SMILES string of the molecule is CCCCCCN(C(=O)C(CCSC)NC(=O)OC(C)(C)C)C(C(=O)NC(C)C)c1cc(C)cc(C)c1. The summed E-state index contributed by atoms with van der Waals surface area (Å²) in [5, 5.41) is 5.82. The van der Waals surface area contributed by atoms with Crippen LogP contribution < -0.4 is 10.6 Å². The quantitative estimate of drug-likeness (QED) is 0.289. The number of carbonyl (C=O) groups is 3. The summed E-state index contributed by atoms with van der Waals surface area (Å²) >= 11 is 1.61. The summed E-state index contributed by atoms with van der Waals surface area (Å²) in [5.74, 6) is 0.201. The van der Waals surface area contributed by atoms with E-state index in [9.17, 15) is 14.4 Å². The Bertz CT molecular complexity index is 862. The Morgan fingerprint density at radius 2 is 1.62 bits per heavy atom. The minimum Gasteiger partial charge on any atom is -0.444 e. The van der Waals surface area contributed by atoms with E-state index in [4.69, 9.17) is 4.74 Å². The second kappa shape index (κ2) is 15.9. The van der Waals surface area contributed by atoms with E-state index in [1.807, 2.05) is 46.1 Å². The van der Waals surface area contributed by atoms with Crippen molar-refractivity contribution in [3.8, 4) is 0 Å². The highest BCUT2D eigenvalue weighted by Crippen LogP contribution is 2.26. The van der Waals surface area contributed by atoms with E-state index in [0.29, 0.717) is 18.7 Å². The monoisotopic (exact) mass is 535 g/mol. The molecule has 0 bridgehead atoms. The first-order chi connectivity index (χ1) is 17.3. The zero-order valence-electron chi connectivity index (χ0n) is 24.4. The molecule has 0 aromatic heterocycles. The van der Waals surface area contributed by atoms with Crippen molar-refractivity contribution >= 4 is 29.7 Å². The van der Waals surface area contributed by atoms with Crippen molar-refractivity contribution < 1.29 is 19.1 Å². The Labute approximate surface area is 228 Å². The number of benzene rings is 1. The van der Waals surface area contributed by atoms with Gasteiger partial charge in [0.05, 0.1) is 0 Å². The lowest BCUT2D eigenvalue weighted by molar-refractivity contribution is -0.142. The maximum absolute atomic E-state index is 14.2. The number of alkyl carbamates (subject to hydrolysis) is 1. The first-order valence-corrected chi connectivity index (χ1v) is 14.9. The normalized spacial score (nSPS) is 13.1. The maximum Gasteiger partial charge on any atom is 0.408 e. The molecule has 0 spiro atoms. The molecule has 0 radical (unpaired) electrons. The molecule has 2 N–H and O–H groups in total. The third-order valence-corrected chi connectivity index (χ3v) is 6.33. The first-order valence-electron chi connectivity index (χ1n) is 13.5. The molecular formula is C29H49N3O4S. The van der Waals surface area contributed by atoms with Gasteiger partial charge in [0.2, 0.25) is 11.8 Å². The largest absolute Gasteiger partial charge is 0.444 e. The van der Waals surface area contributed by atoms with Gasteiger partial charge in [0.1, 0.15) is 17.7 Å². The molecule has 1 aromatic carbocycles. The van der Waals surface area contributed by atoms with Gasteiger partial charge in [0.15, 0.2) is 0 Å². The number of nitrogens with one attached hydrogen (secondary N) is 2. The lowest BCUT2D eigenvalue weighted by Gasteiger charge is -2.35. The smallest absolute Gasteiger partial charge is 0.408 e. The highest BCUT2D eigenvalue weighted by Gasteiger charge is 2.36. The van der Waals surface area contributed by atoms with Gasteiger partial charge in [-0.2, -0.15) is 11.8 Å². The van der Waals surface area contributed by atoms with E-state index < -0.39 is 23.8 Å². The van der Waals surface area contributed by atoms with Crippen LogP contribution in [0.4, 0.5) is 4.79 Å². The summed E-state index contributed by atoms with van der Waals surface area (Å²) in [6.07, 6.45) is 5.63. The van der Waals surface area contributed by atoms with Crippen molar-refractivity contribution in [2.45, 2.75) is 111 Å². The number of rotatable bonds is 14. The summed E-state index contributed by atoms with van der Waals surface area (Å²) in [7, 11) is 0. The van der Waals surface area contributed by atoms with Crippen molar-refractivity contribution in [3.05, 3.63) is 34.9 Å². The Morgan fingerprint density at radius 1 is 1.00 bits per heavy atom. The molecule has 0 aliphatic heterocycles. The first kappa shape index (κ1) is 32.8. The van der Waals surface area contributed by atoms with E-state index in [0.717, 1.165) is 42.4 Å². The number of nitrogens with zero attached hydrogens (tertiary/aromatic N) is 1. The van der Waals surface area contributed by atoms with Crippen molar-refractivity contribution in [3.63, 3.8) is 0 Å². The fourth-order valence-corrected chi connectivity index (χ4v) is 4.69. The van der Waals surface area contributed by atoms with Gasteiger partial charge in [-0.3, -0.25) is 9.59 Å². The van der Waals surface area contributed by atoms with Gasteiger partial charge < -0.3 is 20.3 Å². The Balaban J connectivity index is 3.51. The molecule has 0 aliphatic rings. The molecule has 8 heteroatoms. The molecule has 7 nitrogen and oxygen atoms in total. The minimum atomic E-state index is -0.799. The predicted molar refractivity (Wildman–Crippen MR) is 154 cm³/mol. The number of thioether (sulfide) groups is 1. The lowest BCUT2D eigenvalue weighted by Crippen LogP contribution is -2.54. The number of carbonyl (C=O) groups excluding carboxylic acids is 3. The number of aryl methyl sites for hydroxylation is 2. The Morgan fingerprint density at radius 3 is 2.14 bits per heavy atom. The van der Waals surface area contributed by atoms with Crippen LogP contribution in [0.25, 0.3) is 0 Å². The van der Waals surface area contributed by atoms with Crippen molar-refractivity contribution in [2.75, 3.05) is 18.6 Å². The molecule has 0 saturated carbocycles. The van der Waals surface area contributed by atoms with Crippen LogP contribution in [0.15, 0.2) is 18.2 Å². The summed E-state index contributed by atoms with van der Waals surface area (Å²) in [5.41, 5.74) is 2.15. The summed E-state index contributed by atoms with van der Waals surface area (Å²) in [4.78, 5) is 42.1. The molecule has 1 rings (SSSR count). The van der Waals surface area contributed by atoms with Crippen molar-refractivity contribution in [1.29, 1.82) is 0 Å². The minimum absolute atomic E-state index is 0.0786. The summed E-state index contributed by atoms with van der Waals surface area (Å²) < 4.78 is 5.46. The number of amides is 3. The highest BCUT2D eigenvalue weighted by atomic mass is 32.2. The molecule has 2 atom stereocenters. The zero-order chi connectivity index (χ0) is 28.2. The number of hydrogen-bond donors (Lipinski definition) is 2. The maximum atomic E-state index is 14.2. The van der Waals surface area contributed by atoms with Gasteiger partial charge in [-0.1, -0.05) is 55.5 Å². The number of ether oxygens (including phenoxy) is 1. The van der Waals surface area contributed by atoms with Crippen molar-refractivity contribution in [1.82, 2.24) is 15.5 Å². The standard InChI is InChI=1S/C29H49N3O4S/c1-10-11-12-13-15-32(27(34)24(14-16-37-9)31-28(35)36-29(6,7)8)25(26(33)30-20(2)3)23-18-21(4)17-22(5)19-23/h17-20,24-25H,10-16H2,1-9H3,(H,30,33)(H,31,35). The molecule has 210 valence electrons. The van der Waals surface area contributed by atoms with E-state index in [1.165, 1.54) is 0 Å². The van der Waals surface area contributed by atoms with Crippen LogP contribution in [0, 0.1) is 13.8 Å². The van der Waals surface area contributed by atoms with Gasteiger partial charge >= 0.3 is 6.09 Å². The van der Waals surface area contributed by atoms with Gasteiger partial charge in [0.25, 0.3) is 0 Å². The number of hydrogen-bond acceptors (Lipinski definition) is 5. The summed E-state index contributed by atoms with van der Waals surface area (Å²) in [6, 6.07) is 4.33. The zero-order valence-corrected chi connectivity index (χ0v) is 25.2. The van der Waals surface area contributed by atoms with E-state index >= 15 is 0 Å². The van der Waals surface area contributed by atoms with Crippen LogP contribution in [-0.2, 0) is 14.3 Å². The average Bonchev–Trinajstić information content (AvgIpc) is 2.75. The third-order valence-electron chi connectivity index (χ3n) is 5.69. The lowest BCUT2D eigenvalue weighted by atomic mass is 9.97. The van der Waals surface area contributed by atoms with Crippen LogP contribution >= 0.6 is 11.8 Å². The molecule has 2 unspecified atom stereocenters. The Hall–Kier alpha value is -2.22. The topological polar surface area (TPSA) is 87.7 Å². The molecule has 0 saturated heterocycles. The molecule has 0 heterocycles. The predicted octanol–water partition coefficient (Wildman–Crippen LogP) is 5.92. The molecule has 3 amide bonds. The third kappa shape index (κ3) is 12.2. The van der Waals surface area contributed by atoms with Crippen molar-refractivity contribution in [2.24, 2.45) is 0 Å². The van der Waals surface area contributed by atoms with Gasteiger partial charge in [-0.25, -0.2) is 4.79 Å². The average molecular weight is 536 g/mol. The number of unbranched alkanes of at least 4 members (excludes halogenated alkanes) is 3. The van der Waals surface area contributed by atoms with Crippen LogP contribution in [-0.4, -0.2) is 59.0 Å². The highest BCUT2D eigenvalue weighted by molar-refractivity contribution is 7.98. The van der Waals surface area contributed by atoms with Gasteiger partial charge in [0, 0.05) is 12.6 Å². The fraction of sp³-hybridized carbons (Fsp3) is 0.690. The Kier molecular flexibility index (Phi) is 14.1. The molecule has 0 aliphatic carbocycles. The van der Waals surface area contributed by atoms with Gasteiger partial charge in [-0.15, -0.1) is 0 Å². The second-order valence-corrected chi connectivity index (χ2v) is 12.0. The van der Waals surface area contributed by atoms with Crippen LogP contribution in [0.1, 0.15) is 96.4 Å². The molecule has 1 aromatic rings. The van der Waals surface area contributed by atoms with Gasteiger partial charge in [-0.05, 0) is 78.9 Å². The van der Waals surface area contributed by atoms with Crippen LogP contribution in [0.3, 0.4) is 0 Å². The van der Waals surface area contributed by atoms with Crippen LogP contribution in [0.2, 0.25) is 0 Å². The van der Waals surface area contributed by atoms with E-state index in [1.54, 1.807) is 37.4 Å². The molecule has 37 heavy (non-hydrogen) atoms. The van der Waals surface area contributed by atoms with Crippen LogP contribution in [0.5, 0.6) is 0 Å². The molecular weight excluding hydrogens is 486 g/mol. The summed E-state index contributed by atoms with van der Waals surface area (Å²) in [6.45, 7) is 15.7. The second-order valence-electron chi connectivity index (χ2n) is 11.1.